The van der Waals surface area contributed by atoms with Gasteiger partial charge in [-0.15, -0.1) is 0 Å². The molecule has 0 saturated carbocycles. The van der Waals surface area contributed by atoms with E-state index in [0.29, 0.717) is 22.9 Å². The lowest BCUT2D eigenvalue weighted by Gasteiger charge is -2.14. The van der Waals surface area contributed by atoms with Crippen LogP contribution in [0.4, 0.5) is 11.7 Å². The quantitative estimate of drug-likeness (QED) is 0.827. The number of nitrogens with zero attached hydrogens (tertiary/aromatic N) is 3. The highest BCUT2D eigenvalue weighted by molar-refractivity contribution is 5.82. The van der Waals surface area contributed by atoms with Crippen LogP contribution in [0.2, 0.25) is 0 Å². The van der Waals surface area contributed by atoms with Gasteiger partial charge in [0, 0.05) is 19.3 Å². The van der Waals surface area contributed by atoms with E-state index >= 15 is 0 Å². The lowest BCUT2D eigenvalue weighted by molar-refractivity contribution is 0.577. The normalized spacial score (nSPS) is 10.8. The third-order valence-electron chi connectivity index (χ3n) is 2.35. The second kappa shape index (κ2) is 3.76. The van der Waals surface area contributed by atoms with Gasteiger partial charge in [-0.2, -0.15) is 4.98 Å². The number of nitrogen functional groups attached to an aromatic ring is 1. The molecular weight excluding hydrogens is 192 g/mol. The van der Waals surface area contributed by atoms with Crippen LogP contribution in [0.1, 0.15) is 13.8 Å². The third-order valence-corrected chi connectivity index (χ3v) is 2.35. The first-order valence-corrected chi connectivity index (χ1v) is 5.02. The molecule has 2 aromatic heterocycles. The molecule has 0 bridgehead atoms. The molecule has 0 atom stereocenters. The average Bonchev–Trinajstić information content (AvgIpc) is 2.65. The van der Waals surface area contributed by atoms with Crippen molar-refractivity contribution in [2.45, 2.75) is 13.8 Å². The zero-order chi connectivity index (χ0) is 10.8. The highest BCUT2D eigenvalue weighted by Crippen LogP contribution is 2.24. The van der Waals surface area contributed by atoms with E-state index in [4.69, 9.17) is 10.2 Å². The maximum atomic E-state index is 5.76. The van der Waals surface area contributed by atoms with Crippen molar-refractivity contribution in [3.63, 3.8) is 0 Å². The number of hydrogen-bond donors (Lipinski definition) is 1. The number of hydrogen-bond acceptors (Lipinski definition) is 5. The zero-order valence-corrected chi connectivity index (χ0v) is 8.90. The summed E-state index contributed by atoms with van der Waals surface area (Å²) in [5.74, 6) is 0. The molecule has 0 saturated heterocycles. The molecule has 0 aliphatic carbocycles. The number of aromatic nitrogens is 2. The lowest BCUT2D eigenvalue weighted by atomic mass is 10.4. The molecule has 0 aliphatic heterocycles. The van der Waals surface area contributed by atoms with Crippen molar-refractivity contribution in [2.24, 2.45) is 0 Å². The number of pyridine rings is 1. The standard InChI is InChI=1S/C10H14N4O/c1-3-14(4-2)10-13-9-8(15-10)7(11)5-6-12-9/h5-6H,3-4H2,1-2H3,(H2,11,12). The first-order valence-electron chi connectivity index (χ1n) is 5.02. The minimum Gasteiger partial charge on any atom is -0.419 e. The van der Waals surface area contributed by atoms with Gasteiger partial charge in [-0.05, 0) is 19.9 Å². The molecule has 0 aliphatic rings. The summed E-state index contributed by atoms with van der Waals surface area (Å²) in [6.07, 6.45) is 1.63. The molecule has 0 unspecified atom stereocenters. The van der Waals surface area contributed by atoms with Crippen molar-refractivity contribution in [3.8, 4) is 0 Å². The number of anilines is 2. The Morgan fingerprint density at radius 3 is 2.73 bits per heavy atom. The smallest absolute Gasteiger partial charge is 0.299 e. The van der Waals surface area contributed by atoms with Gasteiger partial charge in [0.2, 0.25) is 5.65 Å². The van der Waals surface area contributed by atoms with E-state index in [1.165, 1.54) is 0 Å². The predicted molar refractivity (Wildman–Crippen MR) is 59.8 cm³/mol. The number of fused-ring (bicyclic) bond motifs is 1. The number of oxazole rings is 1. The molecule has 0 amide bonds. The Bertz CT molecular complexity index is 461. The van der Waals surface area contributed by atoms with E-state index in [0.717, 1.165) is 13.1 Å². The Kier molecular flexibility index (Phi) is 2.45. The summed E-state index contributed by atoms with van der Waals surface area (Å²) in [5.41, 5.74) is 7.47. The van der Waals surface area contributed by atoms with Crippen LogP contribution >= 0.6 is 0 Å². The van der Waals surface area contributed by atoms with Crippen molar-refractivity contribution < 1.29 is 4.42 Å². The van der Waals surface area contributed by atoms with E-state index in [1.807, 2.05) is 4.90 Å². The van der Waals surface area contributed by atoms with Crippen molar-refractivity contribution in [1.29, 1.82) is 0 Å². The fourth-order valence-corrected chi connectivity index (χ4v) is 1.47. The van der Waals surface area contributed by atoms with E-state index in [-0.39, 0.29) is 0 Å². The monoisotopic (exact) mass is 206 g/mol. The molecule has 5 heteroatoms. The maximum Gasteiger partial charge on any atom is 0.299 e. The Morgan fingerprint density at radius 2 is 2.13 bits per heavy atom. The molecule has 0 radical (unpaired) electrons. The van der Waals surface area contributed by atoms with Gasteiger partial charge in [-0.1, -0.05) is 0 Å². The topological polar surface area (TPSA) is 68.2 Å². The van der Waals surface area contributed by atoms with Crippen molar-refractivity contribution in [3.05, 3.63) is 12.3 Å². The van der Waals surface area contributed by atoms with Gasteiger partial charge >= 0.3 is 0 Å². The zero-order valence-electron chi connectivity index (χ0n) is 8.90. The highest BCUT2D eigenvalue weighted by Gasteiger charge is 2.13. The van der Waals surface area contributed by atoms with Crippen molar-refractivity contribution in [2.75, 3.05) is 23.7 Å². The second-order valence-corrected chi connectivity index (χ2v) is 3.22. The summed E-state index contributed by atoms with van der Waals surface area (Å²) in [4.78, 5) is 10.4. The molecular formula is C10H14N4O. The molecule has 2 heterocycles. The molecule has 2 N–H and O–H groups in total. The largest absolute Gasteiger partial charge is 0.419 e. The maximum absolute atomic E-state index is 5.76. The summed E-state index contributed by atoms with van der Waals surface area (Å²) in [7, 11) is 0. The number of rotatable bonds is 3. The molecule has 0 fully saturated rings. The Labute approximate surface area is 87.9 Å². The van der Waals surface area contributed by atoms with E-state index in [2.05, 4.69) is 23.8 Å². The first kappa shape index (κ1) is 9.76. The fourth-order valence-electron chi connectivity index (χ4n) is 1.47. The van der Waals surface area contributed by atoms with Crippen LogP contribution in [0.15, 0.2) is 16.7 Å². The number of nitrogens with two attached hydrogens (primary N) is 1. The van der Waals surface area contributed by atoms with Gasteiger partial charge in [0.1, 0.15) is 0 Å². The van der Waals surface area contributed by atoms with Crippen LogP contribution in [0, 0.1) is 0 Å². The van der Waals surface area contributed by atoms with Gasteiger partial charge in [0.05, 0.1) is 5.69 Å². The van der Waals surface area contributed by atoms with Crippen LogP contribution in [0.5, 0.6) is 0 Å². The second-order valence-electron chi connectivity index (χ2n) is 3.22. The summed E-state index contributed by atoms with van der Waals surface area (Å²) < 4.78 is 5.57. The van der Waals surface area contributed by atoms with E-state index in [9.17, 15) is 0 Å². The van der Waals surface area contributed by atoms with E-state index in [1.54, 1.807) is 12.3 Å². The molecule has 5 nitrogen and oxygen atoms in total. The molecule has 0 aromatic carbocycles. The SMILES string of the molecule is CCN(CC)c1nc2nccc(N)c2o1. The average molecular weight is 206 g/mol. The molecule has 2 rings (SSSR count). The molecule has 80 valence electrons. The minimum atomic E-state index is 0.567. The summed E-state index contributed by atoms with van der Waals surface area (Å²) in [6.45, 7) is 5.80. The van der Waals surface area contributed by atoms with Crippen LogP contribution in [-0.4, -0.2) is 23.1 Å². The van der Waals surface area contributed by atoms with Gasteiger partial charge in [0.25, 0.3) is 6.01 Å². The Morgan fingerprint density at radius 1 is 1.40 bits per heavy atom. The molecule has 15 heavy (non-hydrogen) atoms. The predicted octanol–water partition coefficient (Wildman–Crippen LogP) is 1.65. The van der Waals surface area contributed by atoms with Gasteiger partial charge in [-0.3, -0.25) is 0 Å². The van der Waals surface area contributed by atoms with Gasteiger partial charge in [-0.25, -0.2) is 4.98 Å². The van der Waals surface area contributed by atoms with Crippen LogP contribution in [-0.2, 0) is 0 Å². The van der Waals surface area contributed by atoms with E-state index < -0.39 is 0 Å². The van der Waals surface area contributed by atoms with Gasteiger partial charge < -0.3 is 15.1 Å². The summed E-state index contributed by atoms with van der Waals surface area (Å²) >= 11 is 0. The molecule has 2 aromatic rings. The molecule has 0 spiro atoms. The first-order chi connectivity index (χ1) is 7.26. The Hall–Kier alpha value is -1.78. The van der Waals surface area contributed by atoms with Crippen LogP contribution in [0.25, 0.3) is 11.2 Å². The van der Waals surface area contributed by atoms with Crippen LogP contribution in [0.3, 0.4) is 0 Å². The summed E-state index contributed by atoms with van der Waals surface area (Å²) in [5, 5.41) is 0. The van der Waals surface area contributed by atoms with Crippen molar-refractivity contribution >= 4 is 22.9 Å². The highest BCUT2D eigenvalue weighted by atomic mass is 16.4. The Balaban J connectivity index is 2.51. The minimum absolute atomic E-state index is 0.567. The van der Waals surface area contributed by atoms with Gasteiger partial charge in [0.15, 0.2) is 5.58 Å². The third kappa shape index (κ3) is 1.60. The lowest BCUT2D eigenvalue weighted by Crippen LogP contribution is -2.21. The van der Waals surface area contributed by atoms with Crippen molar-refractivity contribution in [1.82, 2.24) is 9.97 Å². The summed E-state index contributed by atoms with van der Waals surface area (Å²) in [6, 6.07) is 2.29. The van der Waals surface area contributed by atoms with Crippen LogP contribution < -0.4 is 10.6 Å². The fraction of sp³-hybridized carbons (Fsp3) is 0.400.